The van der Waals surface area contributed by atoms with Crippen molar-refractivity contribution >= 4 is 11.5 Å². The fourth-order valence-electron chi connectivity index (χ4n) is 2.31. The topological polar surface area (TPSA) is 87.3 Å². The van der Waals surface area contributed by atoms with Crippen molar-refractivity contribution in [3.05, 3.63) is 59.3 Å². The minimum absolute atomic E-state index is 0.0343. The second-order valence-corrected chi connectivity index (χ2v) is 5.48. The number of ether oxygens (including phenoxy) is 2. The summed E-state index contributed by atoms with van der Waals surface area (Å²) in [5.41, 5.74) is 7.34. The molecular formula is C18H18F3N3O3. The fourth-order valence-corrected chi connectivity index (χ4v) is 2.31. The number of hydrogen-bond donors (Lipinski definition) is 1. The Morgan fingerprint density at radius 2 is 2.07 bits per heavy atom. The molecule has 0 bridgehead atoms. The first-order chi connectivity index (χ1) is 12.7. The third-order valence-electron chi connectivity index (χ3n) is 3.51. The van der Waals surface area contributed by atoms with E-state index in [0.29, 0.717) is 23.2 Å². The third kappa shape index (κ3) is 5.70. The number of aromatic nitrogens is 2. The van der Waals surface area contributed by atoms with E-state index in [0.717, 1.165) is 6.20 Å². The van der Waals surface area contributed by atoms with Crippen molar-refractivity contribution in [2.24, 2.45) is 5.73 Å². The maximum atomic E-state index is 12.3. The normalized spacial score (nSPS) is 12.0. The standard InChI is InChI=1S/C18H18F3N3O3/c1-3-26-17(25)15(9-22)16-23-10-13(11(2)24-16)7-12-5-4-6-14(8-12)27-18(19,20)21/h4-6,8-10H,3,7,22H2,1-2H3/b15-9+. The second kappa shape index (κ2) is 8.52. The Balaban J connectivity index is 2.22. The third-order valence-corrected chi connectivity index (χ3v) is 3.51. The van der Waals surface area contributed by atoms with Gasteiger partial charge in [0.05, 0.1) is 6.61 Å². The number of benzene rings is 1. The Labute approximate surface area is 153 Å². The van der Waals surface area contributed by atoms with Crippen LogP contribution in [0.3, 0.4) is 0 Å². The summed E-state index contributed by atoms with van der Waals surface area (Å²) in [4.78, 5) is 20.2. The summed E-state index contributed by atoms with van der Waals surface area (Å²) >= 11 is 0. The first-order valence-electron chi connectivity index (χ1n) is 8.00. The summed E-state index contributed by atoms with van der Waals surface area (Å²) in [5, 5.41) is 0. The maximum Gasteiger partial charge on any atom is 0.573 e. The van der Waals surface area contributed by atoms with Gasteiger partial charge in [-0.15, -0.1) is 13.2 Å². The van der Waals surface area contributed by atoms with Crippen LogP contribution in [0.1, 0.15) is 29.6 Å². The fraction of sp³-hybridized carbons (Fsp3) is 0.278. The Kier molecular flexibility index (Phi) is 6.38. The number of esters is 1. The lowest BCUT2D eigenvalue weighted by atomic mass is 10.0. The van der Waals surface area contributed by atoms with E-state index in [1.165, 1.54) is 24.4 Å². The Hall–Kier alpha value is -3.10. The molecule has 1 aromatic heterocycles. The van der Waals surface area contributed by atoms with E-state index in [9.17, 15) is 18.0 Å². The van der Waals surface area contributed by atoms with Crippen molar-refractivity contribution in [1.29, 1.82) is 0 Å². The van der Waals surface area contributed by atoms with Gasteiger partial charge in [-0.1, -0.05) is 12.1 Å². The number of carbonyl (C=O) groups is 1. The summed E-state index contributed by atoms with van der Waals surface area (Å²) in [6.45, 7) is 3.55. The zero-order valence-electron chi connectivity index (χ0n) is 14.7. The van der Waals surface area contributed by atoms with Crippen LogP contribution in [0.5, 0.6) is 5.75 Å². The van der Waals surface area contributed by atoms with Gasteiger partial charge in [0.25, 0.3) is 0 Å². The van der Waals surface area contributed by atoms with Gasteiger partial charge in [0.2, 0.25) is 0 Å². The zero-order chi connectivity index (χ0) is 20.0. The van der Waals surface area contributed by atoms with Gasteiger partial charge in [-0.05, 0) is 37.1 Å². The number of halogens is 3. The second-order valence-electron chi connectivity index (χ2n) is 5.48. The van der Waals surface area contributed by atoms with Crippen LogP contribution < -0.4 is 10.5 Å². The van der Waals surface area contributed by atoms with E-state index >= 15 is 0 Å². The van der Waals surface area contributed by atoms with E-state index in [-0.39, 0.29) is 23.8 Å². The van der Waals surface area contributed by atoms with Crippen LogP contribution in [0.2, 0.25) is 0 Å². The summed E-state index contributed by atoms with van der Waals surface area (Å²) in [6, 6.07) is 5.66. The van der Waals surface area contributed by atoms with Gasteiger partial charge in [0.15, 0.2) is 5.82 Å². The molecule has 1 heterocycles. The highest BCUT2D eigenvalue weighted by Crippen LogP contribution is 2.24. The number of carbonyl (C=O) groups excluding carboxylic acids is 1. The van der Waals surface area contributed by atoms with Crippen LogP contribution in [0.25, 0.3) is 5.57 Å². The molecule has 0 saturated heterocycles. The molecule has 0 aliphatic rings. The van der Waals surface area contributed by atoms with Crippen molar-refractivity contribution < 1.29 is 27.4 Å². The van der Waals surface area contributed by atoms with Crippen LogP contribution in [0.4, 0.5) is 13.2 Å². The quantitative estimate of drug-likeness (QED) is 0.611. The van der Waals surface area contributed by atoms with Gasteiger partial charge >= 0.3 is 12.3 Å². The van der Waals surface area contributed by atoms with Crippen molar-refractivity contribution in [2.45, 2.75) is 26.6 Å². The van der Waals surface area contributed by atoms with Crippen LogP contribution in [-0.4, -0.2) is 28.9 Å². The van der Waals surface area contributed by atoms with E-state index in [1.807, 2.05) is 0 Å². The van der Waals surface area contributed by atoms with Crippen molar-refractivity contribution in [1.82, 2.24) is 9.97 Å². The minimum atomic E-state index is -4.75. The summed E-state index contributed by atoms with van der Waals surface area (Å²) in [7, 11) is 0. The van der Waals surface area contributed by atoms with Gasteiger partial charge in [-0.3, -0.25) is 0 Å². The number of aryl methyl sites for hydroxylation is 1. The number of hydrogen-bond acceptors (Lipinski definition) is 6. The minimum Gasteiger partial charge on any atom is -0.462 e. The number of rotatable bonds is 6. The van der Waals surface area contributed by atoms with E-state index in [2.05, 4.69) is 14.7 Å². The molecule has 6 nitrogen and oxygen atoms in total. The molecular weight excluding hydrogens is 363 g/mol. The highest BCUT2D eigenvalue weighted by molar-refractivity contribution is 6.15. The molecule has 2 N–H and O–H groups in total. The molecule has 0 unspecified atom stereocenters. The molecule has 0 atom stereocenters. The van der Waals surface area contributed by atoms with Gasteiger partial charge in [0.1, 0.15) is 11.3 Å². The monoisotopic (exact) mass is 381 g/mol. The van der Waals surface area contributed by atoms with Gasteiger partial charge in [0, 0.05) is 24.5 Å². The molecule has 27 heavy (non-hydrogen) atoms. The predicted octanol–water partition coefficient (Wildman–Crippen LogP) is 3.14. The number of alkyl halides is 3. The molecule has 2 aromatic rings. The molecule has 144 valence electrons. The molecule has 0 fully saturated rings. The Morgan fingerprint density at radius 1 is 1.33 bits per heavy atom. The molecule has 0 spiro atoms. The van der Waals surface area contributed by atoms with Crippen molar-refractivity contribution in [2.75, 3.05) is 6.61 Å². The Morgan fingerprint density at radius 3 is 2.67 bits per heavy atom. The van der Waals surface area contributed by atoms with Crippen LogP contribution >= 0.6 is 0 Å². The molecule has 2 rings (SSSR count). The predicted molar refractivity (Wildman–Crippen MR) is 91.5 cm³/mol. The van der Waals surface area contributed by atoms with Gasteiger partial charge in [-0.2, -0.15) is 0 Å². The molecule has 0 radical (unpaired) electrons. The van der Waals surface area contributed by atoms with Crippen molar-refractivity contribution in [3.63, 3.8) is 0 Å². The van der Waals surface area contributed by atoms with Crippen LogP contribution in [-0.2, 0) is 16.0 Å². The van der Waals surface area contributed by atoms with E-state index < -0.39 is 12.3 Å². The SMILES string of the molecule is CCOC(=O)/C(=C/N)c1ncc(Cc2cccc(OC(F)(F)F)c2)c(C)n1. The van der Waals surface area contributed by atoms with Gasteiger partial charge in [-0.25, -0.2) is 14.8 Å². The van der Waals surface area contributed by atoms with Crippen LogP contribution in [0.15, 0.2) is 36.7 Å². The lowest BCUT2D eigenvalue weighted by Crippen LogP contribution is -2.17. The molecule has 0 saturated carbocycles. The Bertz CT molecular complexity index is 851. The zero-order valence-corrected chi connectivity index (χ0v) is 14.7. The van der Waals surface area contributed by atoms with Crippen molar-refractivity contribution in [3.8, 4) is 5.75 Å². The highest BCUT2D eigenvalue weighted by atomic mass is 19.4. The maximum absolute atomic E-state index is 12.3. The first-order valence-corrected chi connectivity index (χ1v) is 8.00. The molecule has 0 amide bonds. The average Bonchev–Trinajstić information content (AvgIpc) is 2.57. The largest absolute Gasteiger partial charge is 0.573 e. The van der Waals surface area contributed by atoms with Gasteiger partial charge < -0.3 is 15.2 Å². The molecule has 9 heteroatoms. The average molecular weight is 381 g/mol. The number of nitrogens with zero attached hydrogens (tertiary/aromatic N) is 2. The molecule has 1 aromatic carbocycles. The molecule has 0 aliphatic carbocycles. The summed E-state index contributed by atoms with van der Waals surface area (Å²) in [6.07, 6.45) is -1.89. The lowest BCUT2D eigenvalue weighted by Gasteiger charge is -2.11. The first kappa shape index (κ1) is 20.2. The smallest absolute Gasteiger partial charge is 0.462 e. The number of nitrogens with two attached hydrogens (primary N) is 1. The molecule has 0 aliphatic heterocycles. The summed E-state index contributed by atoms with van der Waals surface area (Å²) < 4.78 is 45.8. The van der Waals surface area contributed by atoms with E-state index in [4.69, 9.17) is 10.5 Å². The van der Waals surface area contributed by atoms with E-state index in [1.54, 1.807) is 19.9 Å². The highest BCUT2D eigenvalue weighted by Gasteiger charge is 2.31. The van der Waals surface area contributed by atoms with Crippen LogP contribution in [0, 0.1) is 6.92 Å². The lowest BCUT2D eigenvalue weighted by molar-refractivity contribution is -0.274. The summed E-state index contributed by atoms with van der Waals surface area (Å²) in [5.74, 6) is -0.818.